The van der Waals surface area contributed by atoms with E-state index in [-0.39, 0.29) is 5.97 Å². The van der Waals surface area contributed by atoms with Crippen molar-refractivity contribution in [2.45, 2.75) is 12.3 Å². The van der Waals surface area contributed by atoms with Gasteiger partial charge in [-0.2, -0.15) is 0 Å². The Bertz CT molecular complexity index is 522. The van der Waals surface area contributed by atoms with Gasteiger partial charge in [0.15, 0.2) is 11.5 Å². The number of rotatable bonds is 6. The molecule has 0 fully saturated rings. The Morgan fingerprint density at radius 3 is 1.95 bits per heavy atom. The van der Waals surface area contributed by atoms with Crippen LogP contribution in [0.5, 0.6) is 17.2 Å². The molecule has 0 aliphatic heterocycles. The van der Waals surface area contributed by atoms with E-state index in [2.05, 4.69) is 0 Å². The summed E-state index contributed by atoms with van der Waals surface area (Å²) in [6.07, 6.45) is 2.83. The second kappa shape index (κ2) is 5.86. The second-order valence-electron chi connectivity index (χ2n) is 4.40. The quantitative estimate of drug-likeness (QED) is 0.590. The van der Waals surface area contributed by atoms with Gasteiger partial charge in [0.05, 0.1) is 28.4 Å². The minimum absolute atomic E-state index is 0.289. The van der Waals surface area contributed by atoms with E-state index >= 15 is 0 Å². The molecule has 0 N–H and O–H groups in total. The Balaban J connectivity index is 2.50. The summed E-state index contributed by atoms with van der Waals surface area (Å²) in [5, 5.41) is 0. The first-order valence-corrected chi connectivity index (χ1v) is 6.22. The molecule has 0 radical (unpaired) electrons. The van der Waals surface area contributed by atoms with Crippen LogP contribution in [-0.2, 0) is 9.53 Å². The molecule has 108 valence electrons. The van der Waals surface area contributed by atoms with Crippen molar-refractivity contribution in [3.63, 3.8) is 0 Å². The lowest BCUT2D eigenvalue weighted by Gasteiger charge is -2.17. The third kappa shape index (κ3) is 2.57. The van der Waals surface area contributed by atoms with Crippen LogP contribution >= 0.6 is 0 Å². The van der Waals surface area contributed by atoms with Gasteiger partial charge in [0.2, 0.25) is 5.75 Å². The third-order valence-electron chi connectivity index (χ3n) is 3.27. The molecule has 1 aromatic rings. The Hall–Kier alpha value is -2.17. The zero-order chi connectivity index (χ0) is 14.7. The summed E-state index contributed by atoms with van der Waals surface area (Å²) in [6, 6.07) is 3.56. The number of carbonyl (C=O) groups is 1. The molecule has 1 atom stereocenters. The monoisotopic (exact) mass is 278 g/mol. The molecule has 20 heavy (non-hydrogen) atoms. The van der Waals surface area contributed by atoms with Gasteiger partial charge in [-0.15, -0.1) is 0 Å². The lowest BCUT2D eigenvalue weighted by atomic mass is 9.95. The van der Waals surface area contributed by atoms with Crippen molar-refractivity contribution in [3.05, 3.63) is 29.3 Å². The summed E-state index contributed by atoms with van der Waals surface area (Å²) in [5.74, 6) is 0.859. The highest BCUT2D eigenvalue weighted by molar-refractivity contribution is 5.84. The lowest BCUT2D eigenvalue weighted by Crippen LogP contribution is -2.14. The van der Waals surface area contributed by atoms with E-state index in [1.165, 1.54) is 7.11 Å². The van der Waals surface area contributed by atoms with Gasteiger partial charge in [-0.3, -0.25) is 4.79 Å². The predicted octanol–water partition coefficient (Wildman–Crippen LogP) is 2.30. The van der Waals surface area contributed by atoms with Gasteiger partial charge >= 0.3 is 5.97 Å². The van der Waals surface area contributed by atoms with Crippen molar-refractivity contribution in [3.8, 4) is 17.2 Å². The maximum absolute atomic E-state index is 12.0. The number of carbonyl (C=O) groups excluding carboxylic acids is 1. The molecule has 1 aromatic carbocycles. The molecule has 5 nitrogen and oxygen atoms in total. The molecular formula is C15H18O5. The van der Waals surface area contributed by atoms with Gasteiger partial charge < -0.3 is 18.9 Å². The average Bonchev–Trinajstić information content (AvgIpc) is 3.30. The number of hydrogen-bond acceptors (Lipinski definition) is 5. The number of methoxy groups -OCH3 is 4. The van der Waals surface area contributed by atoms with Crippen molar-refractivity contribution < 1.29 is 23.7 Å². The first kappa shape index (κ1) is 14.2. The van der Waals surface area contributed by atoms with Crippen LogP contribution < -0.4 is 14.2 Å². The standard InChI is InChI=1S/C15H18O5/c1-17-11-7-10(8-12(18-2)14(11)19-3)13(9-5-6-9)15(16)20-4/h5,7-8,13H,6H2,1-4H3. The van der Waals surface area contributed by atoms with Crippen LogP contribution in [0.25, 0.3) is 0 Å². The zero-order valence-electron chi connectivity index (χ0n) is 12.1. The fourth-order valence-corrected chi connectivity index (χ4v) is 2.18. The Labute approximate surface area is 118 Å². The van der Waals surface area contributed by atoms with E-state index in [1.807, 2.05) is 6.08 Å². The summed E-state index contributed by atoms with van der Waals surface area (Å²) in [7, 11) is 6.02. The topological polar surface area (TPSA) is 54.0 Å². The molecule has 0 heterocycles. The van der Waals surface area contributed by atoms with E-state index in [9.17, 15) is 4.79 Å². The van der Waals surface area contributed by atoms with Gasteiger partial charge in [-0.1, -0.05) is 11.6 Å². The largest absolute Gasteiger partial charge is 0.493 e. The van der Waals surface area contributed by atoms with Gasteiger partial charge in [0, 0.05) is 0 Å². The Morgan fingerprint density at radius 2 is 1.60 bits per heavy atom. The summed E-state index contributed by atoms with van der Waals surface area (Å²) in [4.78, 5) is 12.0. The average molecular weight is 278 g/mol. The van der Waals surface area contributed by atoms with E-state index in [0.717, 1.165) is 17.6 Å². The molecule has 5 heteroatoms. The minimum atomic E-state index is -0.409. The SMILES string of the molecule is COC(=O)C(C1=CC1)c1cc(OC)c(OC)c(OC)c1. The summed E-state index contributed by atoms with van der Waals surface area (Å²) < 4.78 is 20.8. The number of hydrogen-bond donors (Lipinski definition) is 0. The number of allylic oxidation sites excluding steroid dienone is 1. The van der Waals surface area contributed by atoms with Crippen molar-refractivity contribution in [1.82, 2.24) is 0 Å². The van der Waals surface area contributed by atoms with Gasteiger partial charge in [-0.05, 0) is 24.1 Å². The van der Waals surface area contributed by atoms with Crippen molar-refractivity contribution >= 4 is 5.97 Å². The molecule has 0 spiro atoms. The normalized spacial score (nSPS) is 14.1. The van der Waals surface area contributed by atoms with Crippen molar-refractivity contribution in [2.24, 2.45) is 0 Å². The van der Waals surface area contributed by atoms with Crippen molar-refractivity contribution in [1.29, 1.82) is 0 Å². The highest BCUT2D eigenvalue weighted by Gasteiger charge is 2.31. The minimum Gasteiger partial charge on any atom is -0.493 e. The molecule has 1 aliphatic carbocycles. The van der Waals surface area contributed by atoms with Crippen LogP contribution in [0.1, 0.15) is 17.9 Å². The predicted molar refractivity (Wildman–Crippen MR) is 73.6 cm³/mol. The Morgan fingerprint density at radius 1 is 1.05 bits per heavy atom. The van der Waals surface area contributed by atoms with E-state index in [1.54, 1.807) is 33.5 Å². The van der Waals surface area contributed by atoms with Gasteiger partial charge in [0.25, 0.3) is 0 Å². The van der Waals surface area contributed by atoms with E-state index in [4.69, 9.17) is 18.9 Å². The number of esters is 1. The zero-order valence-corrected chi connectivity index (χ0v) is 12.1. The summed E-state index contributed by atoms with van der Waals surface area (Å²) >= 11 is 0. The maximum Gasteiger partial charge on any atom is 0.317 e. The fraction of sp³-hybridized carbons (Fsp3) is 0.400. The summed E-state index contributed by atoms with van der Waals surface area (Å²) in [5.41, 5.74) is 1.82. The summed E-state index contributed by atoms with van der Waals surface area (Å²) in [6.45, 7) is 0. The number of benzene rings is 1. The Kier molecular flexibility index (Phi) is 4.17. The molecular weight excluding hydrogens is 260 g/mol. The molecule has 0 saturated carbocycles. The molecule has 1 unspecified atom stereocenters. The van der Waals surface area contributed by atoms with Crippen LogP contribution in [0, 0.1) is 0 Å². The van der Waals surface area contributed by atoms with E-state index < -0.39 is 5.92 Å². The molecule has 2 rings (SSSR count). The van der Waals surface area contributed by atoms with Crippen molar-refractivity contribution in [2.75, 3.05) is 28.4 Å². The molecule has 0 aromatic heterocycles. The third-order valence-corrected chi connectivity index (χ3v) is 3.27. The first-order chi connectivity index (χ1) is 9.65. The van der Waals surface area contributed by atoms with Gasteiger partial charge in [-0.25, -0.2) is 0 Å². The molecule has 0 amide bonds. The van der Waals surface area contributed by atoms with Crippen LogP contribution in [0.2, 0.25) is 0 Å². The molecule has 0 saturated heterocycles. The van der Waals surface area contributed by atoms with Crippen LogP contribution in [0.4, 0.5) is 0 Å². The second-order valence-corrected chi connectivity index (χ2v) is 4.40. The smallest absolute Gasteiger partial charge is 0.317 e. The molecule has 0 bridgehead atoms. The highest BCUT2D eigenvalue weighted by Crippen LogP contribution is 2.44. The first-order valence-electron chi connectivity index (χ1n) is 6.22. The van der Waals surface area contributed by atoms with Crippen LogP contribution in [0.3, 0.4) is 0 Å². The van der Waals surface area contributed by atoms with Gasteiger partial charge in [0.1, 0.15) is 5.92 Å². The van der Waals surface area contributed by atoms with Crippen LogP contribution in [-0.4, -0.2) is 34.4 Å². The van der Waals surface area contributed by atoms with Crippen LogP contribution in [0.15, 0.2) is 23.8 Å². The maximum atomic E-state index is 12.0. The number of ether oxygens (including phenoxy) is 4. The highest BCUT2D eigenvalue weighted by atomic mass is 16.5. The van der Waals surface area contributed by atoms with E-state index in [0.29, 0.717) is 17.2 Å². The lowest BCUT2D eigenvalue weighted by molar-refractivity contribution is -0.141. The fourth-order valence-electron chi connectivity index (χ4n) is 2.18. The molecule has 1 aliphatic rings.